The van der Waals surface area contributed by atoms with Gasteiger partial charge < -0.3 is 15.5 Å². The number of carbonyl (C=O) groups is 2. The van der Waals surface area contributed by atoms with Gasteiger partial charge in [-0.15, -0.1) is 0 Å². The van der Waals surface area contributed by atoms with Crippen molar-refractivity contribution in [2.24, 2.45) is 11.7 Å². The van der Waals surface area contributed by atoms with Crippen LogP contribution in [0.15, 0.2) is 0 Å². The zero-order valence-corrected chi connectivity index (χ0v) is 14.7. The van der Waals surface area contributed by atoms with Gasteiger partial charge in [0.25, 0.3) is 0 Å². The topological polar surface area (TPSA) is 101 Å². The van der Waals surface area contributed by atoms with Gasteiger partial charge in [0.2, 0.25) is 11.8 Å². The summed E-state index contributed by atoms with van der Waals surface area (Å²) in [6.07, 6.45) is 1.17. The van der Waals surface area contributed by atoms with Crippen LogP contribution in [-0.2, 0) is 19.4 Å². The van der Waals surface area contributed by atoms with Crippen LogP contribution in [0.1, 0.15) is 33.1 Å². The number of amides is 2. The van der Waals surface area contributed by atoms with Crippen molar-refractivity contribution in [3.63, 3.8) is 0 Å². The number of hydrogen-bond donors (Lipinski definition) is 1. The predicted molar refractivity (Wildman–Crippen MR) is 87.4 cm³/mol. The molecule has 0 aliphatic carbocycles. The molecule has 23 heavy (non-hydrogen) atoms. The van der Waals surface area contributed by atoms with E-state index in [1.807, 2.05) is 13.8 Å². The van der Waals surface area contributed by atoms with E-state index in [9.17, 15) is 18.0 Å². The van der Waals surface area contributed by atoms with Crippen LogP contribution in [0.25, 0.3) is 0 Å². The summed E-state index contributed by atoms with van der Waals surface area (Å²) in [4.78, 5) is 28.7. The summed E-state index contributed by atoms with van der Waals surface area (Å²) in [6, 6.07) is -0.702. The van der Waals surface area contributed by atoms with E-state index in [1.165, 1.54) is 0 Å². The summed E-state index contributed by atoms with van der Waals surface area (Å²) < 4.78 is 23.1. The highest BCUT2D eigenvalue weighted by Gasteiger charge is 2.42. The fourth-order valence-electron chi connectivity index (χ4n) is 3.46. The molecule has 2 heterocycles. The molecule has 2 rings (SSSR count). The Bertz CT molecular complexity index is 545. The van der Waals surface area contributed by atoms with Crippen molar-refractivity contribution in [1.82, 2.24) is 9.80 Å². The fraction of sp³-hybridized carbons (Fsp3) is 0.867. The summed E-state index contributed by atoms with van der Waals surface area (Å²) in [7, 11) is -3.01. The largest absolute Gasteiger partial charge is 0.341 e. The lowest BCUT2D eigenvalue weighted by atomic mass is 10.0. The summed E-state index contributed by atoms with van der Waals surface area (Å²) in [5, 5.41) is 0. The number of likely N-dealkylation sites (N-methyl/N-ethyl adjacent to an activating group) is 1. The van der Waals surface area contributed by atoms with Gasteiger partial charge in [-0.2, -0.15) is 0 Å². The molecule has 0 bridgehead atoms. The third-order valence-corrected chi connectivity index (χ3v) is 6.60. The molecular formula is C15H27N3O4S. The molecule has 132 valence electrons. The van der Waals surface area contributed by atoms with Crippen LogP contribution in [0, 0.1) is 5.92 Å². The van der Waals surface area contributed by atoms with Crippen LogP contribution in [-0.4, -0.2) is 73.3 Å². The lowest BCUT2D eigenvalue weighted by molar-refractivity contribution is -0.146. The molecule has 7 nitrogen and oxygen atoms in total. The highest BCUT2D eigenvalue weighted by Crippen LogP contribution is 2.26. The second kappa shape index (κ2) is 7.17. The SMILES string of the molecule is CCN(CC)C(=O)[C@@H]1C[C@@H](N)CN1C(=O)C1CCS(=O)(=O)CC1. The van der Waals surface area contributed by atoms with Crippen LogP contribution in [0.5, 0.6) is 0 Å². The summed E-state index contributed by atoms with van der Waals surface area (Å²) in [5.41, 5.74) is 5.99. The molecule has 2 N–H and O–H groups in total. The molecule has 0 unspecified atom stereocenters. The van der Waals surface area contributed by atoms with Crippen LogP contribution in [0.4, 0.5) is 0 Å². The van der Waals surface area contributed by atoms with Gasteiger partial charge in [-0.25, -0.2) is 8.42 Å². The Morgan fingerprint density at radius 3 is 2.26 bits per heavy atom. The van der Waals surface area contributed by atoms with E-state index in [0.717, 1.165) is 0 Å². The van der Waals surface area contributed by atoms with E-state index >= 15 is 0 Å². The zero-order chi connectivity index (χ0) is 17.2. The van der Waals surface area contributed by atoms with Crippen molar-refractivity contribution in [2.45, 2.75) is 45.2 Å². The second-order valence-electron chi connectivity index (χ2n) is 6.44. The number of nitrogens with zero attached hydrogens (tertiary/aromatic N) is 2. The molecule has 0 radical (unpaired) electrons. The highest BCUT2D eigenvalue weighted by atomic mass is 32.2. The first-order valence-corrected chi connectivity index (χ1v) is 10.2. The summed E-state index contributed by atoms with van der Waals surface area (Å²) in [6.45, 7) is 5.40. The maximum absolute atomic E-state index is 12.8. The molecule has 0 saturated carbocycles. The minimum atomic E-state index is -3.01. The molecule has 0 aromatic rings. The standard InChI is InChI=1S/C15H27N3O4S/c1-3-17(4-2)15(20)13-9-12(16)10-18(13)14(19)11-5-7-23(21,22)8-6-11/h11-13H,3-10,16H2,1-2H3/t12-,13+/m1/s1. The van der Waals surface area contributed by atoms with Crippen molar-refractivity contribution in [3.8, 4) is 0 Å². The molecule has 0 aromatic heterocycles. The van der Waals surface area contributed by atoms with Gasteiger partial charge in [0, 0.05) is 31.6 Å². The van der Waals surface area contributed by atoms with Gasteiger partial charge in [-0.05, 0) is 33.1 Å². The molecule has 2 aliphatic heterocycles. The van der Waals surface area contributed by atoms with Crippen molar-refractivity contribution >= 4 is 21.7 Å². The maximum Gasteiger partial charge on any atom is 0.245 e. The first-order chi connectivity index (χ1) is 10.8. The number of sulfone groups is 1. The molecular weight excluding hydrogens is 318 g/mol. The summed E-state index contributed by atoms with van der Waals surface area (Å²) in [5.74, 6) is -0.371. The Kier molecular flexibility index (Phi) is 5.67. The maximum atomic E-state index is 12.8. The van der Waals surface area contributed by atoms with Crippen LogP contribution >= 0.6 is 0 Å². The van der Waals surface area contributed by atoms with Crippen molar-refractivity contribution in [2.75, 3.05) is 31.1 Å². The number of nitrogens with two attached hydrogens (primary N) is 1. The van der Waals surface area contributed by atoms with Gasteiger partial charge in [-0.1, -0.05) is 0 Å². The van der Waals surface area contributed by atoms with Crippen LogP contribution in [0.2, 0.25) is 0 Å². The first-order valence-electron chi connectivity index (χ1n) is 8.34. The molecule has 8 heteroatoms. The normalized spacial score (nSPS) is 27.9. The number of hydrogen-bond acceptors (Lipinski definition) is 5. The lowest BCUT2D eigenvalue weighted by Crippen LogP contribution is -2.50. The van der Waals surface area contributed by atoms with E-state index in [2.05, 4.69) is 0 Å². The Labute approximate surface area is 138 Å². The zero-order valence-electron chi connectivity index (χ0n) is 13.9. The first kappa shape index (κ1) is 18.2. The number of rotatable bonds is 4. The minimum absolute atomic E-state index is 0.0535. The molecule has 2 aliphatic rings. The van der Waals surface area contributed by atoms with Gasteiger partial charge >= 0.3 is 0 Å². The van der Waals surface area contributed by atoms with Gasteiger partial charge in [-0.3, -0.25) is 9.59 Å². The van der Waals surface area contributed by atoms with Crippen LogP contribution < -0.4 is 5.73 Å². The molecule has 0 spiro atoms. The minimum Gasteiger partial charge on any atom is -0.341 e. The van der Waals surface area contributed by atoms with Gasteiger partial charge in [0.15, 0.2) is 0 Å². The molecule has 0 aromatic carbocycles. The number of carbonyl (C=O) groups excluding carboxylic acids is 2. The van der Waals surface area contributed by atoms with E-state index in [1.54, 1.807) is 9.80 Å². The van der Waals surface area contributed by atoms with E-state index in [0.29, 0.717) is 38.9 Å². The Morgan fingerprint density at radius 2 is 1.74 bits per heavy atom. The van der Waals surface area contributed by atoms with E-state index < -0.39 is 15.9 Å². The van der Waals surface area contributed by atoms with Gasteiger partial charge in [0.1, 0.15) is 15.9 Å². The monoisotopic (exact) mass is 345 g/mol. The molecule has 2 amide bonds. The van der Waals surface area contributed by atoms with Crippen molar-refractivity contribution in [1.29, 1.82) is 0 Å². The van der Waals surface area contributed by atoms with E-state index in [-0.39, 0.29) is 35.3 Å². The van der Waals surface area contributed by atoms with Crippen molar-refractivity contribution < 1.29 is 18.0 Å². The van der Waals surface area contributed by atoms with Crippen molar-refractivity contribution in [3.05, 3.63) is 0 Å². The number of likely N-dealkylation sites (tertiary alicyclic amines) is 1. The van der Waals surface area contributed by atoms with Gasteiger partial charge in [0.05, 0.1) is 11.5 Å². The average molecular weight is 345 g/mol. The predicted octanol–water partition coefficient (Wildman–Crippen LogP) is -0.392. The van der Waals surface area contributed by atoms with E-state index in [4.69, 9.17) is 5.73 Å². The Balaban J connectivity index is 2.10. The molecule has 2 atom stereocenters. The average Bonchev–Trinajstić information content (AvgIpc) is 2.89. The smallest absolute Gasteiger partial charge is 0.245 e. The fourth-order valence-corrected chi connectivity index (χ4v) is 4.96. The quantitative estimate of drug-likeness (QED) is 0.748. The third-order valence-electron chi connectivity index (χ3n) is 4.88. The Hall–Kier alpha value is -1.15. The van der Waals surface area contributed by atoms with Crippen LogP contribution in [0.3, 0.4) is 0 Å². The second-order valence-corrected chi connectivity index (χ2v) is 8.74. The highest BCUT2D eigenvalue weighted by molar-refractivity contribution is 7.91. The summed E-state index contributed by atoms with van der Waals surface area (Å²) >= 11 is 0. The Morgan fingerprint density at radius 1 is 1.17 bits per heavy atom. The third kappa shape index (κ3) is 4.03. The molecule has 2 saturated heterocycles. The lowest BCUT2D eigenvalue weighted by Gasteiger charge is -2.32. The molecule has 2 fully saturated rings.